The molecule has 1 fully saturated rings. The lowest BCUT2D eigenvalue weighted by Crippen LogP contribution is -2.41. The van der Waals surface area contributed by atoms with Crippen LogP contribution in [0, 0.1) is 0 Å². The number of likely N-dealkylation sites (tertiary alicyclic amines) is 1. The number of anilines is 2. The number of amides is 1. The highest BCUT2D eigenvalue weighted by Gasteiger charge is 2.25. The van der Waals surface area contributed by atoms with Crippen LogP contribution in [0.5, 0.6) is 0 Å². The molecule has 1 atom stereocenters. The number of rotatable bonds is 5. The van der Waals surface area contributed by atoms with Crippen molar-refractivity contribution in [2.45, 2.75) is 18.8 Å². The number of nitrogens with one attached hydrogen (secondary N) is 1. The number of carbonyl (C=O) groups excluding carboxylic acids is 1. The molecule has 3 rings (SSSR count). The topological polar surface area (TPSA) is 80.2 Å². The Kier molecular flexibility index (Phi) is 5.14. The van der Waals surface area contributed by atoms with Crippen LogP contribution in [0.2, 0.25) is 0 Å². The Balaban J connectivity index is 1.63. The second kappa shape index (κ2) is 7.47. The first-order chi connectivity index (χ1) is 11.3. The Morgan fingerprint density at radius 3 is 3.04 bits per heavy atom. The van der Waals surface area contributed by atoms with Crippen LogP contribution in [0.3, 0.4) is 0 Å². The van der Waals surface area contributed by atoms with E-state index in [4.69, 9.17) is 4.74 Å². The van der Waals surface area contributed by atoms with E-state index >= 15 is 0 Å². The molecule has 23 heavy (non-hydrogen) atoms. The zero-order valence-electron chi connectivity index (χ0n) is 12.9. The van der Waals surface area contributed by atoms with Crippen molar-refractivity contribution in [3.8, 4) is 0 Å². The second-order valence-electron chi connectivity index (χ2n) is 5.40. The van der Waals surface area contributed by atoms with E-state index in [1.807, 2.05) is 10.3 Å². The third kappa shape index (κ3) is 4.02. The summed E-state index contributed by atoms with van der Waals surface area (Å²) < 4.78 is 4.93. The zero-order valence-corrected chi connectivity index (χ0v) is 13.8. The van der Waals surface area contributed by atoms with E-state index in [2.05, 4.69) is 20.3 Å². The molecule has 2 aromatic rings. The molecule has 2 aromatic heterocycles. The van der Waals surface area contributed by atoms with Crippen molar-refractivity contribution in [1.29, 1.82) is 0 Å². The number of nitrogens with zero attached hydrogens (tertiary/aromatic N) is 4. The van der Waals surface area contributed by atoms with Gasteiger partial charge in [-0.25, -0.2) is 9.97 Å². The summed E-state index contributed by atoms with van der Waals surface area (Å²) >= 11 is 1.51. The summed E-state index contributed by atoms with van der Waals surface area (Å²) in [5.74, 6) is 0.935. The van der Waals surface area contributed by atoms with Crippen LogP contribution in [-0.4, -0.2) is 52.6 Å². The van der Waals surface area contributed by atoms with Crippen LogP contribution in [0.25, 0.3) is 0 Å². The third-order valence-electron chi connectivity index (χ3n) is 3.80. The molecule has 1 saturated heterocycles. The molecular weight excluding hydrogens is 314 g/mol. The van der Waals surface area contributed by atoms with Crippen LogP contribution in [-0.2, 0) is 9.53 Å². The predicted octanol–water partition coefficient (Wildman–Crippen LogP) is 2.03. The Bertz CT molecular complexity index is 632. The average molecular weight is 333 g/mol. The highest BCUT2D eigenvalue weighted by Crippen LogP contribution is 2.26. The molecular formula is C15H19N5O2S. The van der Waals surface area contributed by atoms with E-state index in [1.165, 1.54) is 11.3 Å². The van der Waals surface area contributed by atoms with Gasteiger partial charge in [0.2, 0.25) is 5.91 Å². The molecule has 0 saturated carbocycles. The van der Waals surface area contributed by atoms with Gasteiger partial charge in [0.15, 0.2) is 10.9 Å². The Morgan fingerprint density at radius 2 is 2.35 bits per heavy atom. The number of methoxy groups -OCH3 is 1. The fourth-order valence-electron chi connectivity index (χ4n) is 2.67. The zero-order chi connectivity index (χ0) is 16.1. The van der Waals surface area contributed by atoms with Gasteiger partial charge in [-0.3, -0.25) is 9.78 Å². The standard InChI is InChI=1S/C15H19N5O2S/c1-22-10-14(21)20-5-2-3-11(9-20)12-7-18-13(8-17-12)19-15-16-4-6-23-15/h4,6-8,11H,2-3,5,9-10H2,1H3,(H,16,18,19). The minimum absolute atomic E-state index is 0.0345. The number of hydrogen-bond donors (Lipinski definition) is 1. The monoisotopic (exact) mass is 333 g/mol. The molecule has 8 heteroatoms. The number of piperidine rings is 1. The maximum Gasteiger partial charge on any atom is 0.248 e. The molecule has 7 nitrogen and oxygen atoms in total. The Labute approximate surface area is 138 Å². The molecule has 0 spiro atoms. The summed E-state index contributed by atoms with van der Waals surface area (Å²) in [6, 6.07) is 0. The molecule has 1 unspecified atom stereocenters. The molecule has 0 radical (unpaired) electrons. The van der Waals surface area contributed by atoms with Gasteiger partial charge in [0.1, 0.15) is 6.61 Å². The minimum Gasteiger partial charge on any atom is -0.375 e. The van der Waals surface area contributed by atoms with E-state index in [9.17, 15) is 4.79 Å². The summed E-state index contributed by atoms with van der Waals surface area (Å²) in [6.45, 7) is 1.60. The van der Waals surface area contributed by atoms with Gasteiger partial charge in [-0.05, 0) is 12.8 Å². The van der Waals surface area contributed by atoms with E-state index in [-0.39, 0.29) is 18.4 Å². The van der Waals surface area contributed by atoms with Gasteiger partial charge in [-0.15, -0.1) is 11.3 Å². The van der Waals surface area contributed by atoms with Crippen molar-refractivity contribution < 1.29 is 9.53 Å². The van der Waals surface area contributed by atoms with Crippen molar-refractivity contribution in [2.75, 3.05) is 32.1 Å². The molecule has 3 heterocycles. The van der Waals surface area contributed by atoms with Gasteiger partial charge in [-0.2, -0.15) is 0 Å². The maximum atomic E-state index is 12.0. The van der Waals surface area contributed by atoms with Crippen LogP contribution in [0.1, 0.15) is 24.5 Å². The fourth-order valence-corrected chi connectivity index (χ4v) is 3.20. The first-order valence-electron chi connectivity index (χ1n) is 7.51. The highest BCUT2D eigenvalue weighted by atomic mass is 32.1. The SMILES string of the molecule is COCC(=O)N1CCCC(c2cnc(Nc3nccs3)cn2)C1. The van der Waals surface area contributed by atoms with Crippen molar-refractivity contribution >= 4 is 28.2 Å². The third-order valence-corrected chi connectivity index (χ3v) is 4.49. The lowest BCUT2D eigenvalue weighted by Gasteiger charge is -2.32. The normalized spacial score (nSPS) is 18.0. The number of thiazole rings is 1. The van der Waals surface area contributed by atoms with Gasteiger partial charge in [-0.1, -0.05) is 0 Å². The van der Waals surface area contributed by atoms with Gasteiger partial charge < -0.3 is 15.0 Å². The van der Waals surface area contributed by atoms with E-state index < -0.39 is 0 Å². The van der Waals surface area contributed by atoms with Crippen molar-refractivity contribution in [3.63, 3.8) is 0 Å². The van der Waals surface area contributed by atoms with Crippen molar-refractivity contribution in [2.24, 2.45) is 0 Å². The molecule has 1 amide bonds. The van der Waals surface area contributed by atoms with Crippen molar-refractivity contribution in [3.05, 3.63) is 29.7 Å². The van der Waals surface area contributed by atoms with Crippen LogP contribution >= 0.6 is 11.3 Å². The minimum atomic E-state index is 0.0345. The summed E-state index contributed by atoms with van der Waals surface area (Å²) in [5, 5.41) is 5.80. The van der Waals surface area contributed by atoms with Crippen LogP contribution in [0.4, 0.5) is 10.9 Å². The summed E-state index contributed by atoms with van der Waals surface area (Å²) in [7, 11) is 1.54. The van der Waals surface area contributed by atoms with E-state index in [0.717, 1.165) is 30.2 Å². The first kappa shape index (κ1) is 15.8. The molecule has 122 valence electrons. The van der Waals surface area contributed by atoms with Crippen molar-refractivity contribution in [1.82, 2.24) is 19.9 Å². The van der Waals surface area contributed by atoms with Gasteiger partial charge in [0, 0.05) is 37.7 Å². The Morgan fingerprint density at radius 1 is 1.43 bits per heavy atom. The molecule has 1 N–H and O–H groups in total. The number of hydrogen-bond acceptors (Lipinski definition) is 7. The number of carbonyl (C=O) groups is 1. The number of aromatic nitrogens is 3. The highest BCUT2D eigenvalue weighted by molar-refractivity contribution is 7.13. The fraction of sp³-hybridized carbons (Fsp3) is 0.467. The number of ether oxygens (including phenoxy) is 1. The smallest absolute Gasteiger partial charge is 0.248 e. The van der Waals surface area contributed by atoms with Gasteiger partial charge in [0.05, 0.1) is 18.1 Å². The van der Waals surface area contributed by atoms with E-state index in [1.54, 1.807) is 25.7 Å². The summed E-state index contributed by atoms with van der Waals surface area (Å²) in [4.78, 5) is 26.9. The Hall–Kier alpha value is -2.06. The van der Waals surface area contributed by atoms with E-state index in [0.29, 0.717) is 12.4 Å². The summed E-state index contributed by atoms with van der Waals surface area (Å²) in [5.41, 5.74) is 0.921. The van der Waals surface area contributed by atoms with Gasteiger partial charge in [0.25, 0.3) is 0 Å². The van der Waals surface area contributed by atoms with Crippen LogP contribution in [0.15, 0.2) is 24.0 Å². The molecule has 0 bridgehead atoms. The molecule has 1 aliphatic heterocycles. The van der Waals surface area contributed by atoms with Gasteiger partial charge >= 0.3 is 0 Å². The lowest BCUT2D eigenvalue weighted by molar-refractivity contribution is -0.136. The summed E-state index contributed by atoms with van der Waals surface area (Å²) in [6.07, 6.45) is 7.23. The molecule has 0 aliphatic carbocycles. The quantitative estimate of drug-likeness (QED) is 0.902. The molecule has 1 aliphatic rings. The van der Waals surface area contributed by atoms with Crippen LogP contribution < -0.4 is 5.32 Å². The first-order valence-corrected chi connectivity index (χ1v) is 8.39. The lowest BCUT2D eigenvalue weighted by atomic mass is 9.95. The average Bonchev–Trinajstić information content (AvgIpc) is 3.09. The largest absolute Gasteiger partial charge is 0.375 e. The second-order valence-corrected chi connectivity index (χ2v) is 6.30. The molecule has 0 aromatic carbocycles. The maximum absolute atomic E-state index is 12.0. The predicted molar refractivity (Wildman–Crippen MR) is 87.9 cm³/mol.